The van der Waals surface area contributed by atoms with Crippen LogP contribution in [0.2, 0.25) is 0 Å². The highest BCUT2D eigenvalue weighted by Gasteiger charge is 2.34. The van der Waals surface area contributed by atoms with Gasteiger partial charge in [0, 0.05) is 21.6 Å². The molecule has 1 aromatic carbocycles. The topological polar surface area (TPSA) is 9.23 Å². The van der Waals surface area contributed by atoms with E-state index in [1.165, 1.54) is 0 Å². The largest absolute Gasteiger partial charge is 0.411 e. The van der Waals surface area contributed by atoms with E-state index in [0.717, 1.165) is 10.0 Å². The summed E-state index contributed by atoms with van der Waals surface area (Å²) in [5, 5.41) is 0. The van der Waals surface area contributed by atoms with E-state index in [2.05, 4.69) is 15.9 Å². The average molecular weight is 380 g/mol. The van der Waals surface area contributed by atoms with Gasteiger partial charge in [-0.05, 0) is 17.7 Å². The molecule has 19 heavy (non-hydrogen) atoms. The lowest BCUT2D eigenvalue weighted by molar-refractivity contribution is -0.176. The Morgan fingerprint density at radius 1 is 1.00 bits per heavy atom. The van der Waals surface area contributed by atoms with E-state index in [1.807, 2.05) is 0 Å². The summed E-state index contributed by atoms with van der Waals surface area (Å²) in [7, 11) is 0. The van der Waals surface area contributed by atoms with E-state index < -0.39 is 18.2 Å². The number of hydrogen-bond acceptors (Lipinski definition) is 1. The highest BCUT2D eigenvalue weighted by atomic mass is 79.9. The Bertz CT molecular complexity index is 391. The Labute approximate surface area is 128 Å². The van der Waals surface area contributed by atoms with E-state index in [1.54, 1.807) is 24.3 Å². The molecule has 1 rings (SSSR count). The van der Waals surface area contributed by atoms with Crippen molar-refractivity contribution in [3.05, 3.63) is 34.3 Å². The van der Waals surface area contributed by atoms with Gasteiger partial charge in [-0.3, -0.25) is 0 Å². The number of halogens is 6. The highest BCUT2D eigenvalue weighted by molar-refractivity contribution is 9.10. The molecule has 0 fully saturated rings. The van der Waals surface area contributed by atoms with Gasteiger partial charge in [-0.2, -0.15) is 13.2 Å². The van der Waals surface area contributed by atoms with Crippen molar-refractivity contribution in [2.24, 2.45) is 0 Å². The van der Waals surface area contributed by atoms with Crippen molar-refractivity contribution in [3.63, 3.8) is 0 Å². The first-order valence-corrected chi connectivity index (χ1v) is 7.22. The van der Waals surface area contributed by atoms with Crippen molar-refractivity contribution in [1.82, 2.24) is 0 Å². The van der Waals surface area contributed by atoms with Crippen LogP contribution in [0.25, 0.3) is 0 Å². The minimum Gasteiger partial charge on any atom is -0.371 e. The molecular formula is C12H12BrCl2F3O. The summed E-state index contributed by atoms with van der Waals surface area (Å²) < 4.78 is 41.9. The molecule has 0 spiro atoms. The van der Waals surface area contributed by atoms with Gasteiger partial charge in [-0.25, -0.2) is 0 Å². The van der Waals surface area contributed by atoms with Crippen LogP contribution in [-0.4, -0.2) is 31.2 Å². The molecule has 0 unspecified atom stereocenters. The molecule has 0 aliphatic heterocycles. The molecule has 0 heterocycles. The Morgan fingerprint density at radius 3 is 1.95 bits per heavy atom. The third kappa shape index (κ3) is 5.14. The second-order valence-electron chi connectivity index (χ2n) is 4.16. The summed E-state index contributed by atoms with van der Waals surface area (Å²) >= 11 is 15.1. The van der Waals surface area contributed by atoms with Gasteiger partial charge in [0.2, 0.25) is 0 Å². The van der Waals surface area contributed by atoms with Crippen molar-refractivity contribution in [2.75, 3.05) is 25.0 Å². The normalized spacial score (nSPS) is 12.7. The van der Waals surface area contributed by atoms with Gasteiger partial charge in [0.25, 0.3) is 0 Å². The van der Waals surface area contributed by atoms with Crippen LogP contribution >= 0.6 is 39.1 Å². The van der Waals surface area contributed by atoms with Crippen LogP contribution in [0.3, 0.4) is 0 Å². The molecule has 0 aliphatic carbocycles. The smallest absolute Gasteiger partial charge is 0.371 e. The first kappa shape index (κ1) is 17.1. The van der Waals surface area contributed by atoms with Gasteiger partial charge in [0.15, 0.2) is 0 Å². The fraction of sp³-hybridized carbons (Fsp3) is 0.500. The van der Waals surface area contributed by atoms with E-state index in [4.69, 9.17) is 27.9 Å². The zero-order valence-corrected chi connectivity index (χ0v) is 12.9. The molecule has 1 nitrogen and oxygen atoms in total. The Balaban J connectivity index is 2.82. The van der Waals surface area contributed by atoms with Crippen molar-refractivity contribution in [3.8, 4) is 0 Å². The second kappa shape index (κ2) is 7.16. The molecule has 7 heteroatoms. The van der Waals surface area contributed by atoms with Crippen LogP contribution in [0, 0.1) is 0 Å². The molecule has 0 aliphatic rings. The van der Waals surface area contributed by atoms with Crippen molar-refractivity contribution < 1.29 is 17.9 Å². The molecule has 108 valence electrons. The first-order valence-electron chi connectivity index (χ1n) is 5.35. The number of ether oxygens (including phenoxy) is 1. The lowest BCUT2D eigenvalue weighted by Crippen LogP contribution is -2.37. The minimum atomic E-state index is -4.36. The number of benzene rings is 1. The van der Waals surface area contributed by atoms with Gasteiger partial charge in [0.1, 0.15) is 6.61 Å². The molecule has 0 radical (unpaired) electrons. The summed E-state index contributed by atoms with van der Waals surface area (Å²) in [6.45, 7) is -1.49. The zero-order chi connectivity index (χ0) is 14.5. The SMILES string of the molecule is FC(F)(F)COCC(CCl)(CCl)c1ccc(Br)cc1. The van der Waals surface area contributed by atoms with Gasteiger partial charge in [-0.1, -0.05) is 28.1 Å². The standard InChI is InChI=1S/C12H12BrCl2F3O/c13-10-3-1-9(2-4-10)11(5-14,6-15)7-19-8-12(16,17)18/h1-4H,5-8H2. The fourth-order valence-corrected chi connectivity index (χ4v) is 2.53. The maximum absolute atomic E-state index is 12.1. The monoisotopic (exact) mass is 378 g/mol. The quantitative estimate of drug-likeness (QED) is 0.648. The molecule has 0 saturated heterocycles. The van der Waals surface area contributed by atoms with Gasteiger partial charge < -0.3 is 4.74 Å². The lowest BCUT2D eigenvalue weighted by Gasteiger charge is -2.30. The summed E-state index contributed by atoms with van der Waals surface area (Å²) in [6.07, 6.45) is -4.36. The van der Waals surface area contributed by atoms with Crippen molar-refractivity contribution in [1.29, 1.82) is 0 Å². The van der Waals surface area contributed by atoms with Crippen LogP contribution in [-0.2, 0) is 10.2 Å². The van der Waals surface area contributed by atoms with Crippen LogP contribution in [0.15, 0.2) is 28.7 Å². The number of alkyl halides is 5. The van der Waals surface area contributed by atoms with Crippen LogP contribution in [0.5, 0.6) is 0 Å². The molecule has 0 bridgehead atoms. The lowest BCUT2D eigenvalue weighted by atomic mass is 9.85. The molecule has 0 saturated carbocycles. The highest BCUT2D eigenvalue weighted by Crippen LogP contribution is 2.30. The first-order chi connectivity index (χ1) is 8.83. The predicted octanol–water partition coefficient (Wildman–Crippen LogP) is 4.74. The Hall–Kier alpha value is 0.0300. The predicted molar refractivity (Wildman–Crippen MR) is 74.1 cm³/mol. The van der Waals surface area contributed by atoms with Crippen LogP contribution in [0.4, 0.5) is 13.2 Å². The van der Waals surface area contributed by atoms with E-state index in [-0.39, 0.29) is 18.4 Å². The Kier molecular flexibility index (Phi) is 6.43. The molecule has 0 N–H and O–H groups in total. The molecule has 0 aromatic heterocycles. The Morgan fingerprint density at radius 2 is 1.53 bits per heavy atom. The minimum absolute atomic E-state index is 0.0794. The van der Waals surface area contributed by atoms with Crippen molar-refractivity contribution >= 4 is 39.1 Å². The molecule has 0 atom stereocenters. The van der Waals surface area contributed by atoms with Crippen LogP contribution in [0.1, 0.15) is 5.56 Å². The molecule has 1 aromatic rings. The maximum atomic E-state index is 12.1. The third-order valence-electron chi connectivity index (χ3n) is 2.61. The summed E-state index contributed by atoms with van der Waals surface area (Å²) in [4.78, 5) is 0. The van der Waals surface area contributed by atoms with Gasteiger partial charge >= 0.3 is 6.18 Å². The summed E-state index contributed by atoms with van der Waals surface area (Å²) in [5.74, 6) is 0.159. The average Bonchev–Trinajstić information content (AvgIpc) is 2.35. The van der Waals surface area contributed by atoms with E-state index >= 15 is 0 Å². The summed E-state index contributed by atoms with van der Waals surface area (Å²) in [6, 6.07) is 7.11. The zero-order valence-electron chi connectivity index (χ0n) is 9.81. The number of rotatable bonds is 6. The molecule has 0 amide bonds. The van der Waals surface area contributed by atoms with Gasteiger partial charge in [-0.15, -0.1) is 23.2 Å². The number of hydrogen-bond donors (Lipinski definition) is 0. The summed E-state index contributed by atoms with van der Waals surface area (Å²) in [5.41, 5.74) is -0.0717. The van der Waals surface area contributed by atoms with Gasteiger partial charge in [0.05, 0.1) is 6.61 Å². The maximum Gasteiger partial charge on any atom is 0.411 e. The molecular weight excluding hydrogens is 368 g/mol. The van der Waals surface area contributed by atoms with Crippen LogP contribution < -0.4 is 0 Å². The second-order valence-corrected chi connectivity index (χ2v) is 5.61. The third-order valence-corrected chi connectivity index (χ3v) is 4.16. The van der Waals surface area contributed by atoms with Crippen molar-refractivity contribution in [2.45, 2.75) is 11.6 Å². The van der Waals surface area contributed by atoms with E-state index in [0.29, 0.717) is 0 Å². The fourth-order valence-electron chi connectivity index (χ4n) is 1.52. The van der Waals surface area contributed by atoms with E-state index in [9.17, 15) is 13.2 Å².